The number of carbonyl (C=O) groups is 1. The van der Waals surface area contributed by atoms with Crippen LogP contribution in [0.15, 0.2) is 24.3 Å². The summed E-state index contributed by atoms with van der Waals surface area (Å²) in [5, 5.41) is 8.89. The predicted octanol–water partition coefficient (Wildman–Crippen LogP) is 2.83. The molecule has 0 N–H and O–H groups in total. The van der Waals surface area contributed by atoms with Gasteiger partial charge in [-0.25, -0.2) is 0 Å². The molecular weight excluding hydrogens is 264 g/mol. The summed E-state index contributed by atoms with van der Waals surface area (Å²) in [4.78, 5) is 14.4. The first-order valence-corrected chi connectivity index (χ1v) is 7.45. The molecule has 1 heterocycles. The van der Waals surface area contributed by atoms with E-state index in [-0.39, 0.29) is 5.91 Å². The van der Waals surface area contributed by atoms with Gasteiger partial charge in [-0.05, 0) is 43.4 Å². The number of nitrogens with zero attached hydrogens (tertiary/aromatic N) is 2. The molecule has 1 aliphatic heterocycles. The third-order valence-corrected chi connectivity index (χ3v) is 3.80. The number of hydrogen-bond acceptors (Lipinski definition) is 3. The Morgan fingerprint density at radius 1 is 1.38 bits per heavy atom. The zero-order valence-corrected chi connectivity index (χ0v) is 12.9. The molecule has 0 saturated carbocycles. The lowest BCUT2D eigenvalue weighted by Gasteiger charge is -2.36. The van der Waals surface area contributed by atoms with Crippen LogP contribution in [0.1, 0.15) is 32.8 Å². The first kappa shape index (κ1) is 15.4. The largest absolute Gasteiger partial charge is 0.481 e. The highest BCUT2D eigenvalue weighted by Gasteiger charge is 2.29. The third-order valence-electron chi connectivity index (χ3n) is 3.80. The summed E-state index contributed by atoms with van der Waals surface area (Å²) >= 11 is 0. The number of rotatable bonds is 3. The number of nitriles is 1. The van der Waals surface area contributed by atoms with Gasteiger partial charge in [0.05, 0.1) is 11.6 Å². The molecule has 1 aromatic rings. The monoisotopic (exact) mass is 286 g/mol. The summed E-state index contributed by atoms with van der Waals surface area (Å²) in [5.41, 5.74) is 0.535. The van der Waals surface area contributed by atoms with Crippen molar-refractivity contribution in [2.24, 2.45) is 11.8 Å². The van der Waals surface area contributed by atoms with E-state index in [4.69, 9.17) is 10.00 Å². The maximum Gasteiger partial charge on any atom is 0.263 e. The molecule has 1 saturated heterocycles. The van der Waals surface area contributed by atoms with Crippen molar-refractivity contribution in [1.29, 1.82) is 5.26 Å². The van der Waals surface area contributed by atoms with Gasteiger partial charge < -0.3 is 9.64 Å². The average Bonchev–Trinajstić information content (AvgIpc) is 2.45. The van der Waals surface area contributed by atoms with E-state index in [1.807, 2.05) is 4.90 Å². The van der Waals surface area contributed by atoms with Gasteiger partial charge in [0.1, 0.15) is 5.75 Å². The standard InChI is InChI=1S/C17H22N2O2/c1-12-7-13(2)11-19(10-12)17(20)14(3)21-16-6-4-5-15(8-16)9-18/h4-6,8,12-14H,7,10-11H2,1-3H3. The molecule has 1 aliphatic rings. The van der Waals surface area contributed by atoms with Crippen molar-refractivity contribution in [3.8, 4) is 11.8 Å². The highest BCUT2D eigenvalue weighted by atomic mass is 16.5. The Hall–Kier alpha value is -2.02. The molecule has 4 nitrogen and oxygen atoms in total. The maximum absolute atomic E-state index is 12.5. The molecule has 0 aromatic heterocycles. The van der Waals surface area contributed by atoms with E-state index in [1.54, 1.807) is 31.2 Å². The minimum atomic E-state index is -0.531. The second kappa shape index (κ2) is 6.62. The van der Waals surface area contributed by atoms with Crippen molar-refractivity contribution in [3.05, 3.63) is 29.8 Å². The van der Waals surface area contributed by atoms with Crippen molar-refractivity contribution in [2.75, 3.05) is 13.1 Å². The third kappa shape index (κ3) is 3.98. The van der Waals surface area contributed by atoms with Gasteiger partial charge in [0.15, 0.2) is 6.10 Å². The number of carbonyl (C=O) groups excluding carboxylic acids is 1. The second-order valence-corrected chi connectivity index (χ2v) is 6.09. The van der Waals surface area contributed by atoms with Crippen LogP contribution in [-0.2, 0) is 4.79 Å². The van der Waals surface area contributed by atoms with Crippen LogP contribution in [-0.4, -0.2) is 30.0 Å². The summed E-state index contributed by atoms with van der Waals surface area (Å²) < 4.78 is 5.70. The summed E-state index contributed by atoms with van der Waals surface area (Å²) in [6, 6.07) is 8.97. The van der Waals surface area contributed by atoms with E-state index < -0.39 is 6.10 Å². The lowest BCUT2D eigenvalue weighted by Crippen LogP contribution is -2.47. The van der Waals surface area contributed by atoms with Crippen LogP contribution < -0.4 is 4.74 Å². The zero-order chi connectivity index (χ0) is 15.4. The molecule has 0 bridgehead atoms. The molecule has 1 fully saturated rings. The van der Waals surface area contributed by atoms with Gasteiger partial charge in [-0.1, -0.05) is 19.9 Å². The van der Waals surface area contributed by atoms with Crippen molar-refractivity contribution in [1.82, 2.24) is 4.90 Å². The Morgan fingerprint density at radius 2 is 2.05 bits per heavy atom. The first-order valence-electron chi connectivity index (χ1n) is 7.45. The van der Waals surface area contributed by atoms with Gasteiger partial charge in [-0.2, -0.15) is 5.26 Å². The number of benzene rings is 1. The zero-order valence-electron chi connectivity index (χ0n) is 12.9. The van der Waals surface area contributed by atoms with Gasteiger partial charge >= 0.3 is 0 Å². The SMILES string of the molecule is CC1CC(C)CN(C(=O)C(C)Oc2cccc(C#N)c2)C1. The van der Waals surface area contributed by atoms with Gasteiger partial charge in [0.2, 0.25) is 0 Å². The van der Waals surface area contributed by atoms with Crippen molar-refractivity contribution in [3.63, 3.8) is 0 Å². The van der Waals surface area contributed by atoms with Crippen LogP contribution in [0.4, 0.5) is 0 Å². The van der Waals surface area contributed by atoms with E-state index in [1.165, 1.54) is 6.42 Å². The molecule has 0 radical (unpaired) electrons. The van der Waals surface area contributed by atoms with Crippen LogP contribution >= 0.6 is 0 Å². The molecule has 3 unspecified atom stereocenters. The molecule has 1 amide bonds. The van der Waals surface area contributed by atoms with Crippen LogP contribution in [0.5, 0.6) is 5.75 Å². The summed E-state index contributed by atoms with van der Waals surface area (Å²) in [6.45, 7) is 7.73. The number of hydrogen-bond donors (Lipinski definition) is 0. The molecular formula is C17H22N2O2. The minimum Gasteiger partial charge on any atom is -0.481 e. The molecule has 21 heavy (non-hydrogen) atoms. The fourth-order valence-electron chi connectivity index (χ4n) is 2.99. The Labute approximate surface area is 126 Å². The smallest absolute Gasteiger partial charge is 0.263 e. The molecule has 112 valence electrons. The van der Waals surface area contributed by atoms with Gasteiger partial charge in [0.25, 0.3) is 5.91 Å². The number of likely N-dealkylation sites (tertiary alicyclic amines) is 1. The van der Waals surface area contributed by atoms with E-state index in [0.717, 1.165) is 13.1 Å². The summed E-state index contributed by atoms with van der Waals surface area (Å²) in [7, 11) is 0. The molecule has 1 aromatic carbocycles. The molecule has 0 spiro atoms. The average molecular weight is 286 g/mol. The van der Waals surface area contributed by atoms with E-state index >= 15 is 0 Å². The molecule has 3 atom stereocenters. The van der Waals surface area contributed by atoms with Crippen LogP contribution in [0.2, 0.25) is 0 Å². The topological polar surface area (TPSA) is 53.3 Å². The lowest BCUT2D eigenvalue weighted by atomic mass is 9.91. The highest BCUT2D eigenvalue weighted by molar-refractivity contribution is 5.81. The summed E-state index contributed by atoms with van der Waals surface area (Å²) in [5.74, 6) is 1.66. The number of amides is 1. The van der Waals surface area contributed by atoms with Crippen molar-refractivity contribution >= 4 is 5.91 Å². The lowest BCUT2D eigenvalue weighted by molar-refractivity contribution is -0.140. The van der Waals surface area contributed by atoms with Crippen molar-refractivity contribution in [2.45, 2.75) is 33.3 Å². The number of ether oxygens (including phenoxy) is 1. The first-order chi connectivity index (χ1) is 9.99. The maximum atomic E-state index is 12.5. The Morgan fingerprint density at radius 3 is 2.67 bits per heavy atom. The molecule has 4 heteroatoms. The van der Waals surface area contributed by atoms with Crippen LogP contribution in [0.3, 0.4) is 0 Å². The van der Waals surface area contributed by atoms with E-state index in [0.29, 0.717) is 23.1 Å². The van der Waals surface area contributed by atoms with Crippen LogP contribution in [0, 0.1) is 23.2 Å². The van der Waals surface area contributed by atoms with Crippen LogP contribution in [0.25, 0.3) is 0 Å². The normalized spacial score (nSPS) is 23.2. The summed E-state index contributed by atoms with van der Waals surface area (Å²) in [6.07, 6.45) is 0.639. The highest BCUT2D eigenvalue weighted by Crippen LogP contribution is 2.22. The predicted molar refractivity (Wildman–Crippen MR) is 80.8 cm³/mol. The Bertz CT molecular complexity index is 540. The fourth-order valence-corrected chi connectivity index (χ4v) is 2.99. The molecule has 0 aliphatic carbocycles. The fraction of sp³-hybridized carbons (Fsp3) is 0.529. The van der Waals surface area contributed by atoms with Gasteiger partial charge in [0, 0.05) is 13.1 Å². The Kier molecular flexibility index (Phi) is 4.85. The van der Waals surface area contributed by atoms with Gasteiger partial charge in [-0.15, -0.1) is 0 Å². The van der Waals surface area contributed by atoms with E-state index in [2.05, 4.69) is 19.9 Å². The number of piperidine rings is 1. The van der Waals surface area contributed by atoms with Gasteiger partial charge in [-0.3, -0.25) is 4.79 Å². The van der Waals surface area contributed by atoms with Crippen molar-refractivity contribution < 1.29 is 9.53 Å². The molecule has 2 rings (SSSR count). The van der Waals surface area contributed by atoms with E-state index in [9.17, 15) is 4.79 Å². The quantitative estimate of drug-likeness (QED) is 0.858. The second-order valence-electron chi connectivity index (χ2n) is 6.09. The minimum absolute atomic E-state index is 0.0239. The Balaban J connectivity index is 2.00.